The number of ether oxygens (including phenoxy) is 2. The molecule has 136 valence electrons. The Kier molecular flexibility index (Phi) is 7.54. The van der Waals surface area contributed by atoms with E-state index in [9.17, 15) is 13.0 Å². The van der Waals surface area contributed by atoms with Crippen molar-refractivity contribution in [2.75, 3.05) is 19.8 Å². The highest BCUT2D eigenvalue weighted by Crippen LogP contribution is 2.26. The first-order valence-electron chi connectivity index (χ1n) is 7.89. The molecule has 0 fully saturated rings. The molecule has 0 saturated carbocycles. The Labute approximate surface area is 148 Å². The van der Waals surface area contributed by atoms with Gasteiger partial charge in [-0.1, -0.05) is 60.7 Å². The van der Waals surface area contributed by atoms with Gasteiger partial charge in [0.2, 0.25) is 10.4 Å². The zero-order valence-corrected chi connectivity index (χ0v) is 14.7. The molecule has 0 spiro atoms. The largest absolute Gasteiger partial charge is 0.726 e. The molecule has 0 N–H and O–H groups in total. The third-order valence-corrected chi connectivity index (χ3v) is 3.87. The molecule has 0 heterocycles. The Balaban J connectivity index is 1.90. The van der Waals surface area contributed by atoms with Crippen molar-refractivity contribution in [1.82, 2.24) is 0 Å². The maximum Gasteiger partial charge on any atom is 0.217 e. The smallest absolute Gasteiger partial charge is 0.217 e. The summed E-state index contributed by atoms with van der Waals surface area (Å²) in [7, 11) is -4.68. The lowest BCUT2D eigenvalue weighted by Crippen LogP contribution is -2.21. The van der Waals surface area contributed by atoms with Crippen LogP contribution >= 0.6 is 0 Å². The van der Waals surface area contributed by atoms with Gasteiger partial charge in [-0.05, 0) is 18.1 Å². The monoisotopic (exact) mass is 365 g/mol. The van der Waals surface area contributed by atoms with Crippen LogP contribution in [-0.4, -0.2) is 38.9 Å². The van der Waals surface area contributed by atoms with E-state index >= 15 is 0 Å². The molecule has 0 aliphatic carbocycles. The number of rotatable bonds is 10. The van der Waals surface area contributed by atoms with E-state index in [4.69, 9.17) is 9.47 Å². The lowest BCUT2D eigenvalue weighted by Gasteiger charge is -2.21. The Morgan fingerprint density at radius 1 is 0.880 bits per heavy atom. The molecule has 6 nitrogen and oxygen atoms in total. The van der Waals surface area contributed by atoms with Crippen LogP contribution in [0.15, 0.2) is 60.7 Å². The van der Waals surface area contributed by atoms with Crippen LogP contribution in [0, 0.1) is 0 Å². The van der Waals surface area contributed by atoms with Crippen molar-refractivity contribution in [1.29, 1.82) is 0 Å². The standard InChI is InChI=1S/C18H22O6S/c1-15(22-12-13-24-25(19,20)21)14-23-18(16-8-4-2-5-9-16)17-10-6-3-7-11-17/h2-11,15,18H,12-14H2,1H3,(H,19,20,21)/p-1. The normalized spacial score (nSPS) is 13.1. The quantitative estimate of drug-likeness (QED) is 0.366. The van der Waals surface area contributed by atoms with E-state index < -0.39 is 10.4 Å². The Morgan fingerprint density at radius 3 is 1.88 bits per heavy atom. The minimum absolute atomic E-state index is 0.00661. The molecule has 1 unspecified atom stereocenters. The van der Waals surface area contributed by atoms with Crippen LogP contribution < -0.4 is 0 Å². The predicted molar refractivity (Wildman–Crippen MR) is 91.7 cm³/mol. The predicted octanol–water partition coefficient (Wildman–Crippen LogP) is 2.67. The summed E-state index contributed by atoms with van der Waals surface area (Å²) in [5.74, 6) is 0. The minimum Gasteiger partial charge on any atom is -0.726 e. The van der Waals surface area contributed by atoms with Gasteiger partial charge in [0.25, 0.3) is 0 Å². The molecule has 2 aromatic rings. The summed E-state index contributed by atoms with van der Waals surface area (Å²) in [4.78, 5) is 0. The molecule has 0 radical (unpaired) electrons. The lowest BCUT2D eigenvalue weighted by molar-refractivity contribution is -0.0334. The van der Waals surface area contributed by atoms with E-state index in [2.05, 4.69) is 4.18 Å². The molecule has 0 bridgehead atoms. The van der Waals surface area contributed by atoms with E-state index in [1.165, 1.54) is 0 Å². The zero-order chi connectivity index (χ0) is 18.1. The van der Waals surface area contributed by atoms with Gasteiger partial charge >= 0.3 is 0 Å². The lowest BCUT2D eigenvalue weighted by atomic mass is 10.0. The highest BCUT2D eigenvalue weighted by atomic mass is 32.3. The molecule has 2 aromatic carbocycles. The molecular weight excluding hydrogens is 344 g/mol. The van der Waals surface area contributed by atoms with Crippen LogP contribution in [0.2, 0.25) is 0 Å². The van der Waals surface area contributed by atoms with Gasteiger partial charge in [0, 0.05) is 0 Å². The van der Waals surface area contributed by atoms with E-state index in [1.807, 2.05) is 60.7 Å². The average Bonchev–Trinajstić information content (AvgIpc) is 2.60. The second-order valence-corrected chi connectivity index (χ2v) is 6.50. The van der Waals surface area contributed by atoms with Crippen LogP contribution in [0.4, 0.5) is 0 Å². The van der Waals surface area contributed by atoms with Crippen molar-refractivity contribution in [2.45, 2.75) is 19.1 Å². The van der Waals surface area contributed by atoms with Crippen molar-refractivity contribution >= 4 is 10.4 Å². The summed E-state index contributed by atoms with van der Waals surface area (Å²) < 4.78 is 46.6. The molecule has 0 aliphatic heterocycles. The second kappa shape index (κ2) is 9.65. The summed E-state index contributed by atoms with van der Waals surface area (Å²) in [6, 6.07) is 19.7. The molecule has 25 heavy (non-hydrogen) atoms. The molecule has 7 heteroatoms. The van der Waals surface area contributed by atoms with Gasteiger partial charge in [0.05, 0.1) is 25.9 Å². The minimum atomic E-state index is -4.68. The van der Waals surface area contributed by atoms with E-state index in [0.717, 1.165) is 11.1 Å². The van der Waals surface area contributed by atoms with Gasteiger partial charge in [-0.3, -0.25) is 4.18 Å². The van der Waals surface area contributed by atoms with Crippen LogP contribution in [0.1, 0.15) is 24.2 Å². The van der Waals surface area contributed by atoms with Gasteiger partial charge in [-0.15, -0.1) is 0 Å². The first-order valence-corrected chi connectivity index (χ1v) is 9.22. The van der Waals surface area contributed by atoms with E-state index in [0.29, 0.717) is 6.61 Å². The van der Waals surface area contributed by atoms with Gasteiger partial charge < -0.3 is 14.0 Å². The molecular formula is C18H21O6S-. The van der Waals surface area contributed by atoms with Crippen molar-refractivity contribution in [3.63, 3.8) is 0 Å². The van der Waals surface area contributed by atoms with Crippen LogP contribution in [0.3, 0.4) is 0 Å². The van der Waals surface area contributed by atoms with E-state index in [1.54, 1.807) is 6.92 Å². The number of hydrogen-bond acceptors (Lipinski definition) is 6. The molecule has 0 aromatic heterocycles. The Morgan fingerprint density at radius 2 is 1.40 bits per heavy atom. The topological polar surface area (TPSA) is 84.9 Å². The van der Waals surface area contributed by atoms with E-state index in [-0.39, 0.29) is 25.4 Å². The first-order chi connectivity index (χ1) is 12.0. The maximum absolute atomic E-state index is 10.3. The maximum atomic E-state index is 10.3. The fourth-order valence-corrected chi connectivity index (χ4v) is 2.58. The number of benzene rings is 2. The summed E-state index contributed by atoms with van der Waals surface area (Å²) in [5.41, 5.74) is 2.06. The SMILES string of the molecule is CC(COC(c1ccccc1)c1ccccc1)OCCOS(=O)(=O)[O-]. The summed E-state index contributed by atoms with van der Waals surface area (Å²) in [5, 5.41) is 0. The first kappa shape index (κ1) is 19.6. The second-order valence-electron chi connectivity index (χ2n) is 5.45. The molecule has 2 rings (SSSR count). The summed E-state index contributed by atoms with van der Waals surface area (Å²) in [6.07, 6.45) is -0.514. The Bertz CT molecular complexity index is 678. The zero-order valence-electron chi connectivity index (χ0n) is 13.9. The molecule has 0 amide bonds. The van der Waals surface area contributed by atoms with Gasteiger partial charge in [0.15, 0.2) is 0 Å². The number of hydrogen-bond donors (Lipinski definition) is 0. The molecule has 0 saturated heterocycles. The van der Waals surface area contributed by atoms with Crippen molar-refractivity contribution in [2.24, 2.45) is 0 Å². The fraction of sp³-hybridized carbons (Fsp3) is 0.333. The van der Waals surface area contributed by atoms with Gasteiger partial charge in [-0.25, -0.2) is 8.42 Å². The van der Waals surface area contributed by atoms with Gasteiger partial charge in [-0.2, -0.15) is 0 Å². The highest BCUT2D eigenvalue weighted by molar-refractivity contribution is 7.80. The van der Waals surface area contributed by atoms with Crippen molar-refractivity contribution in [3.05, 3.63) is 71.8 Å². The van der Waals surface area contributed by atoms with Gasteiger partial charge in [0.1, 0.15) is 6.10 Å². The van der Waals surface area contributed by atoms with Crippen LogP contribution in [0.25, 0.3) is 0 Å². The third-order valence-electron chi connectivity index (χ3n) is 3.42. The fourth-order valence-electron chi connectivity index (χ4n) is 2.31. The van der Waals surface area contributed by atoms with Crippen LogP contribution in [-0.2, 0) is 24.1 Å². The molecule has 0 aliphatic rings. The molecule has 1 atom stereocenters. The Hall–Kier alpha value is -1.77. The van der Waals surface area contributed by atoms with Crippen molar-refractivity contribution in [3.8, 4) is 0 Å². The van der Waals surface area contributed by atoms with Crippen LogP contribution in [0.5, 0.6) is 0 Å². The summed E-state index contributed by atoms with van der Waals surface area (Å²) in [6.45, 7) is 1.79. The summed E-state index contributed by atoms with van der Waals surface area (Å²) >= 11 is 0. The highest BCUT2D eigenvalue weighted by Gasteiger charge is 2.16. The third kappa shape index (κ3) is 7.33. The average molecular weight is 365 g/mol. The van der Waals surface area contributed by atoms with Crippen molar-refractivity contribution < 1.29 is 26.6 Å².